The summed E-state index contributed by atoms with van der Waals surface area (Å²) in [5, 5.41) is 10.6. The number of sulfone groups is 1. The highest BCUT2D eigenvalue weighted by Gasteiger charge is 2.14. The Morgan fingerprint density at radius 3 is 2.85 bits per heavy atom. The van der Waals surface area contributed by atoms with Crippen LogP contribution in [0, 0.1) is 0 Å². The number of hydrogen-bond acceptors (Lipinski definition) is 6. The van der Waals surface area contributed by atoms with Gasteiger partial charge in [-0.15, -0.1) is 10.2 Å². The molecule has 1 aromatic carbocycles. The second-order valence-corrected chi connectivity index (χ2v) is 6.97. The zero-order valence-electron chi connectivity index (χ0n) is 11.4. The van der Waals surface area contributed by atoms with E-state index >= 15 is 0 Å². The van der Waals surface area contributed by atoms with Crippen LogP contribution in [0.5, 0.6) is 0 Å². The fourth-order valence-corrected chi connectivity index (χ4v) is 2.95. The summed E-state index contributed by atoms with van der Waals surface area (Å²) >= 11 is 0. The number of rotatable bonds is 6. The first kappa shape index (κ1) is 14.5. The van der Waals surface area contributed by atoms with Crippen molar-refractivity contribution in [3.63, 3.8) is 0 Å². The van der Waals surface area contributed by atoms with Crippen LogP contribution in [0.15, 0.2) is 35.1 Å². The third kappa shape index (κ3) is 3.80. The monoisotopic (exact) mass is 295 g/mol. The van der Waals surface area contributed by atoms with E-state index in [1.54, 1.807) is 6.92 Å². The maximum Gasteiger partial charge on any atom is 0.247 e. The van der Waals surface area contributed by atoms with E-state index in [0.29, 0.717) is 5.89 Å². The molecule has 0 amide bonds. The molecule has 1 atom stereocenters. The molecule has 0 saturated heterocycles. The molecule has 1 aromatic heterocycles. The highest BCUT2D eigenvalue weighted by atomic mass is 32.2. The van der Waals surface area contributed by atoms with Gasteiger partial charge in [-0.2, -0.15) is 0 Å². The highest BCUT2D eigenvalue weighted by molar-refractivity contribution is 7.91. The molecule has 0 aliphatic carbocycles. The van der Waals surface area contributed by atoms with E-state index in [-0.39, 0.29) is 17.5 Å². The van der Waals surface area contributed by atoms with Gasteiger partial charge >= 0.3 is 0 Å². The molecule has 0 aliphatic rings. The summed E-state index contributed by atoms with van der Waals surface area (Å²) in [5.41, 5.74) is 1.61. The summed E-state index contributed by atoms with van der Waals surface area (Å²) in [5.74, 6) is 0.692. The first-order valence-corrected chi connectivity index (χ1v) is 8.16. The third-order valence-electron chi connectivity index (χ3n) is 2.83. The van der Waals surface area contributed by atoms with Crippen LogP contribution >= 0.6 is 0 Å². The van der Waals surface area contributed by atoms with E-state index in [0.717, 1.165) is 11.3 Å². The number of anilines is 1. The molecule has 1 N–H and O–H groups in total. The number of nitrogens with one attached hydrogen (secondary N) is 1. The van der Waals surface area contributed by atoms with Crippen LogP contribution < -0.4 is 5.32 Å². The molecule has 2 rings (SSSR count). The maximum absolute atomic E-state index is 11.6. The van der Waals surface area contributed by atoms with Crippen molar-refractivity contribution in [3.05, 3.63) is 30.7 Å². The average molecular weight is 295 g/mol. The molecule has 1 unspecified atom stereocenters. The second kappa shape index (κ2) is 6.04. The molecule has 1 heterocycles. The molecule has 0 fully saturated rings. The molecule has 0 aliphatic heterocycles. The lowest BCUT2D eigenvalue weighted by molar-refractivity contribution is 0.568. The van der Waals surface area contributed by atoms with Crippen LogP contribution in [0.3, 0.4) is 0 Å². The molecule has 108 valence electrons. The van der Waals surface area contributed by atoms with E-state index in [9.17, 15) is 8.42 Å². The van der Waals surface area contributed by atoms with E-state index < -0.39 is 9.84 Å². The molecular formula is C13H17N3O3S. The first-order valence-electron chi connectivity index (χ1n) is 6.34. The lowest BCUT2D eigenvalue weighted by Gasteiger charge is -2.15. The van der Waals surface area contributed by atoms with Crippen LogP contribution in [0.1, 0.15) is 13.8 Å². The Morgan fingerprint density at radius 2 is 2.20 bits per heavy atom. The zero-order valence-corrected chi connectivity index (χ0v) is 12.2. The molecule has 7 heteroatoms. The van der Waals surface area contributed by atoms with Gasteiger partial charge in [0, 0.05) is 23.0 Å². The Balaban J connectivity index is 2.09. The van der Waals surface area contributed by atoms with E-state index in [4.69, 9.17) is 4.42 Å². The van der Waals surface area contributed by atoms with Crippen molar-refractivity contribution >= 4 is 15.5 Å². The molecule has 20 heavy (non-hydrogen) atoms. The van der Waals surface area contributed by atoms with Crippen molar-refractivity contribution in [2.45, 2.75) is 19.9 Å². The van der Waals surface area contributed by atoms with Crippen molar-refractivity contribution in [1.29, 1.82) is 0 Å². The van der Waals surface area contributed by atoms with Gasteiger partial charge in [-0.25, -0.2) is 8.42 Å². The topological polar surface area (TPSA) is 85.1 Å². The van der Waals surface area contributed by atoms with Gasteiger partial charge < -0.3 is 9.73 Å². The van der Waals surface area contributed by atoms with Crippen molar-refractivity contribution in [3.8, 4) is 11.5 Å². The Labute approximate surface area is 118 Å². The molecule has 0 spiro atoms. The smallest absolute Gasteiger partial charge is 0.247 e. The lowest BCUT2D eigenvalue weighted by atomic mass is 10.2. The van der Waals surface area contributed by atoms with Crippen LogP contribution in [-0.2, 0) is 9.84 Å². The van der Waals surface area contributed by atoms with Crippen LogP contribution in [0.4, 0.5) is 5.69 Å². The van der Waals surface area contributed by atoms with Crippen molar-refractivity contribution in [2.75, 3.05) is 16.8 Å². The number of aromatic nitrogens is 2. The predicted octanol–water partition coefficient (Wildman–Crippen LogP) is 1.97. The first-order chi connectivity index (χ1) is 9.50. The minimum Gasteiger partial charge on any atom is -0.423 e. The fourth-order valence-electron chi connectivity index (χ4n) is 1.87. The second-order valence-electron chi connectivity index (χ2n) is 4.57. The van der Waals surface area contributed by atoms with Gasteiger partial charge in [0.05, 0.1) is 5.75 Å². The van der Waals surface area contributed by atoms with Gasteiger partial charge in [0.25, 0.3) is 0 Å². The standard InChI is InChI=1S/C13H17N3O3S/c1-3-20(17,18)8-10(2)15-12-6-4-5-11(7-12)13-16-14-9-19-13/h4-7,9-10,15H,3,8H2,1-2H3. The molecule has 6 nitrogen and oxygen atoms in total. The lowest BCUT2D eigenvalue weighted by Crippen LogP contribution is -2.26. The fraction of sp³-hybridized carbons (Fsp3) is 0.385. The normalized spacial score (nSPS) is 13.1. The minimum absolute atomic E-state index is 0.105. The van der Waals surface area contributed by atoms with Gasteiger partial charge in [0.1, 0.15) is 0 Å². The molecule has 0 radical (unpaired) electrons. The maximum atomic E-state index is 11.6. The Bertz CT molecular complexity index is 653. The summed E-state index contributed by atoms with van der Waals surface area (Å²) in [6, 6.07) is 7.25. The number of hydrogen-bond donors (Lipinski definition) is 1. The van der Waals surface area contributed by atoms with Crippen molar-refractivity contribution < 1.29 is 12.8 Å². The van der Waals surface area contributed by atoms with E-state index in [1.807, 2.05) is 31.2 Å². The summed E-state index contributed by atoms with van der Waals surface area (Å²) in [4.78, 5) is 0. The number of benzene rings is 1. The van der Waals surface area contributed by atoms with Crippen molar-refractivity contribution in [1.82, 2.24) is 10.2 Å². The van der Waals surface area contributed by atoms with Gasteiger partial charge in [0.15, 0.2) is 9.84 Å². The zero-order chi connectivity index (χ0) is 14.6. The van der Waals surface area contributed by atoms with E-state index in [1.165, 1.54) is 6.39 Å². The molecular weight excluding hydrogens is 278 g/mol. The largest absolute Gasteiger partial charge is 0.423 e. The Hall–Kier alpha value is -1.89. The van der Waals surface area contributed by atoms with Gasteiger partial charge in [0.2, 0.25) is 12.3 Å². The SMILES string of the molecule is CCS(=O)(=O)CC(C)Nc1cccc(-c2nnco2)c1. The van der Waals surface area contributed by atoms with Crippen LogP contribution in [-0.4, -0.2) is 36.2 Å². The molecule has 0 bridgehead atoms. The van der Waals surface area contributed by atoms with Gasteiger partial charge in [-0.1, -0.05) is 13.0 Å². The quantitative estimate of drug-likeness (QED) is 0.877. The van der Waals surface area contributed by atoms with E-state index in [2.05, 4.69) is 15.5 Å². The average Bonchev–Trinajstić information content (AvgIpc) is 2.92. The Morgan fingerprint density at radius 1 is 1.40 bits per heavy atom. The summed E-state index contributed by atoms with van der Waals surface area (Å²) in [6.45, 7) is 3.49. The third-order valence-corrected chi connectivity index (χ3v) is 4.71. The minimum atomic E-state index is -3.00. The summed E-state index contributed by atoms with van der Waals surface area (Å²) < 4.78 is 28.3. The van der Waals surface area contributed by atoms with Crippen molar-refractivity contribution in [2.24, 2.45) is 0 Å². The van der Waals surface area contributed by atoms with Gasteiger partial charge in [-0.05, 0) is 25.1 Å². The van der Waals surface area contributed by atoms with Crippen LogP contribution in [0.25, 0.3) is 11.5 Å². The highest BCUT2D eigenvalue weighted by Crippen LogP contribution is 2.20. The summed E-state index contributed by atoms with van der Waals surface area (Å²) in [7, 11) is -3.00. The van der Waals surface area contributed by atoms with Gasteiger partial charge in [-0.3, -0.25) is 0 Å². The van der Waals surface area contributed by atoms with Crippen LogP contribution in [0.2, 0.25) is 0 Å². The Kier molecular flexibility index (Phi) is 4.39. The summed E-state index contributed by atoms with van der Waals surface area (Å²) in [6.07, 6.45) is 1.27. The number of nitrogens with zero attached hydrogens (tertiary/aromatic N) is 2. The molecule has 2 aromatic rings. The molecule has 0 saturated carbocycles. The predicted molar refractivity (Wildman–Crippen MR) is 77.1 cm³/mol.